The van der Waals surface area contributed by atoms with E-state index in [1.54, 1.807) is 12.1 Å². The van der Waals surface area contributed by atoms with Crippen LogP contribution >= 0.6 is 0 Å². The second kappa shape index (κ2) is 5.72. The van der Waals surface area contributed by atoms with Crippen molar-refractivity contribution in [2.24, 2.45) is 5.92 Å². The van der Waals surface area contributed by atoms with Gasteiger partial charge >= 0.3 is 6.03 Å². The minimum atomic E-state index is -0.844. The molecule has 1 spiro atoms. The Kier molecular flexibility index (Phi) is 3.63. The molecule has 1 aliphatic carbocycles. The van der Waals surface area contributed by atoms with Crippen molar-refractivity contribution in [3.8, 4) is 0 Å². The van der Waals surface area contributed by atoms with E-state index in [1.165, 1.54) is 0 Å². The molecule has 1 saturated heterocycles. The van der Waals surface area contributed by atoms with Gasteiger partial charge in [-0.3, -0.25) is 14.5 Å². The Morgan fingerprint density at radius 1 is 1.32 bits per heavy atom. The quantitative estimate of drug-likeness (QED) is 0.688. The van der Waals surface area contributed by atoms with Crippen molar-refractivity contribution in [3.05, 3.63) is 36.1 Å². The molecule has 0 bridgehead atoms. The fraction of sp³-hybridized carbons (Fsp3) is 0.421. The minimum absolute atomic E-state index is 0.0732. The van der Waals surface area contributed by atoms with E-state index in [-0.39, 0.29) is 29.9 Å². The molecule has 6 heteroatoms. The first-order valence-electron chi connectivity index (χ1n) is 8.67. The van der Waals surface area contributed by atoms with Gasteiger partial charge in [-0.1, -0.05) is 38.0 Å². The van der Waals surface area contributed by atoms with Gasteiger partial charge in [-0.15, -0.1) is 0 Å². The number of urea groups is 1. The summed E-state index contributed by atoms with van der Waals surface area (Å²) in [5.74, 6) is -0.419. The monoisotopic (exact) mass is 340 g/mol. The summed E-state index contributed by atoms with van der Waals surface area (Å²) in [6.45, 7) is 1.70. The van der Waals surface area contributed by atoms with E-state index in [4.69, 9.17) is 4.42 Å². The third kappa shape index (κ3) is 2.44. The van der Waals surface area contributed by atoms with Gasteiger partial charge in [0.2, 0.25) is 5.78 Å². The molecule has 2 atom stereocenters. The molecule has 1 aromatic heterocycles. The van der Waals surface area contributed by atoms with Gasteiger partial charge in [0.05, 0.1) is 6.54 Å². The standard InChI is InChI=1S/C19H20N2O4/c1-12-6-4-5-9-19(12)17(23)21(18(24)20-19)11-14(22)16-10-13-7-2-3-8-15(13)25-16/h2-3,7-8,10,12H,4-6,9,11H2,1H3,(H,20,24)/t12-,19+/m1/s1. The summed E-state index contributed by atoms with van der Waals surface area (Å²) in [7, 11) is 0. The van der Waals surface area contributed by atoms with Crippen LogP contribution in [0.1, 0.15) is 43.2 Å². The molecule has 2 aliphatic rings. The number of hydrogen-bond donors (Lipinski definition) is 1. The number of furan rings is 1. The number of para-hydroxylation sites is 1. The van der Waals surface area contributed by atoms with Crippen LogP contribution in [0.5, 0.6) is 0 Å². The Balaban J connectivity index is 1.56. The Hall–Kier alpha value is -2.63. The molecule has 1 saturated carbocycles. The van der Waals surface area contributed by atoms with Crippen molar-refractivity contribution < 1.29 is 18.8 Å². The Morgan fingerprint density at radius 3 is 2.88 bits per heavy atom. The van der Waals surface area contributed by atoms with Crippen LogP contribution in [0.3, 0.4) is 0 Å². The lowest BCUT2D eigenvalue weighted by molar-refractivity contribution is -0.133. The molecule has 2 heterocycles. The van der Waals surface area contributed by atoms with Crippen molar-refractivity contribution in [2.45, 2.75) is 38.1 Å². The smallest absolute Gasteiger partial charge is 0.325 e. The maximum absolute atomic E-state index is 12.9. The number of Topliss-reactive ketones (excluding diaryl/α,β-unsaturated/α-hetero) is 1. The summed E-state index contributed by atoms with van der Waals surface area (Å²) in [4.78, 5) is 38.8. The fourth-order valence-corrected chi connectivity index (χ4v) is 3.98. The van der Waals surface area contributed by atoms with Crippen LogP contribution in [0.15, 0.2) is 34.7 Å². The lowest BCUT2D eigenvalue weighted by atomic mass is 9.73. The Labute approximate surface area is 145 Å². The maximum atomic E-state index is 12.9. The van der Waals surface area contributed by atoms with E-state index in [9.17, 15) is 14.4 Å². The zero-order valence-electron chi connectivity index (χ0n) is 14.1. The number of benzene rings is 1. The van der Waals surface area contributed by atoms with Crippen LogP contribution in [0, 0.1) is 5.92 Å². The first-order valence-corrected chi connectivity index (χ1v) is 8.67. The van der Waals surface area contributed by atoms with E-state index in [2.05, 4.69) is 5.32 Å². The average Bonchev–Trinajstić information content (AvgIpc) is 3.13. The third-order valence-corrected chi connectivity index (χ3v) is 5.50. The highest BCUT2D eigenvalue weighted by Gasteiger charge is 2.55. The molecule has 1 N–H and O–H groups in total. The topological polar surface area (TPSA) is 79.6 Å². The summed E-state index contributed by atoms with van der Waals surface area (Å²) in [5, 5.41) is 3.68. The van der Waals surface area contributed by atoms with E-state index < -0.39 is 11.6 Å². The summed E-state index contributed by atoms with van der Waals surface area (Å²) in [6.07, 6.45) is 3.50. The fourth-order valence-electron chi connectivity index (χ4n) is 3.98. The first-order chi connectivity index (χ1) is 12.0. The van der Waals surface area contributed by atoms with Crippen molar-refractivity contribution in [1.82, 2.24) is 10.2 Å². The predicted octanol–water partition coefficient (Wildman–Crippen LogP) is 3.12. The highest BCUT2D eigenvalue weighted by Crippen LogP contribution is 2.38. The normalized spacial score (nSPS) is 26.4. The highest BCUT2D eigenvalue weighted by atomic mass is 16.3. The zero-order chi connectivity index (χ0) is 17.6. The van der Waals surface area contributed by atoms with Gasteiger partial charge in [-0.2, -0.15) is 0 Å². The summed E-state index contributed by atoms with van der Waals surface area (Å²) in [6, 6.07) is 8.47. The molecule has 2 aromatic rings. The van der Waals surface area contributed by atoms with Crippen molar-refractivity contribution in [3.63, 3.8) is 0 Å². The molecule has 2 fully saturated rings. The van der Waals surface area contributed by atoms with Gasteiger partial charge in [-0.25, -0.2) is 4.79 Å². The van der Waals surface area contributed by atoms with Crippen molar-refractivity contribution in [1.29, 1.82) is 0 Å². The van der Waals surface area contributed by atoms with E-state index >= 15 is 0 Å². The number of nitrogens with one attached hydrogen (secondary N) is 1. The van der Waals surface area contributed by atoms with Gasteiger partial charge in [0, 0.05) is 5.39 Å². The summed E-state index contributed by atoms with van der Waals surface area (Å²) in [5.41, 5.74) is -0.232. The lowest BCUT2D eigenvalue weighted by Crippen LogP contribution is -2.54. The lowest BCUT2D eigenvalue weighted by Gasteiger charge is -2.36. The second-order valence-corrected chi connectivity index (χ2v) is 7.01. The molecule has 6 nitrogen and oxygen atoms in total. The number of carbonyl (C=O) groups is 3. The minimum Gasteiger partial charge on any atom is -0.453 e. The molecule has 1 aromatic carbocycles. The maximum Gasteiger partial charge on any atom is 0.325 e. The summed E-state index contributed by atoms with van der Waals surface area (Å²) >= 11 is 0. The molecule has 0 unspecified atom stereocenters. The van der Waals surface area contributed by atoms with Gasteiger partial charge < -0.3 is 9.73 Å². The van der Waals surface area contributed by atoms with Crippen molar-refractivity contribution in [2.75, 3.05) is 6.54 Å². The Morgan fingerprint density at radius 2 is 2.12 bits per heavy atom. The van der Waals surface area contributed by atoms with Crippen LogP contribution < -0.4 is 5.32 Å². The first kappa shape index (κ1) is 15.9. The molecule has 1 aliphatic heterocycles. The number of ketones is 1. The Bertz CT molecular complexity index is 838. The SMILES string of the molecule is C[C@@H]1CCCC[C@]12NC(=O)N(CC(=O)c1cc3ccccc3o1)C2=O. The number of carbonyl (C=O) groups excluding carboxylic acids is 3. The molecule has 25 heavy (non-hydrogen) atoms. The zero-order valence-corrected chi connectivity index (χ0v) is 14.1. The largest absolute Gasteiger partial charge is 0.453 e. The van der Waals surface area contributed by atoms with Crippen LogP contribution in [0.25, 0.3) is 11.0 Å². The van der Waals surface area contributed by atoms with Crippen LogP contribution in [-0.2, 0) is 4.79 Å². The van der Waals surface area contributed by atoms with Gasteiger partial charge in [-0.05, 0) is 30.9 Å². The third-order valence-electron chi connectivity index (χ3n) is 5.50. The van der Waals surface area contributed by atoms with Gasteiger partial charge in [0.15, 0.2) is 5.76 Å². The van der Waals surface area contributed by atoms with Crippen molar-refractivity contribution >= 4 is 28.7 Å². The van der Waals surface area contributed by atoms with Crippen LogP contribution in [0.4, 0.5) is 4.79 Å². The van der Waals surface area contributed by atoms with Gasteiger partial charge in [0.25, 0.3) is 5.91 Å². The van der Waals surface area contributed by atoms with E-state index in [0.29, 0.717) is 12.0 Å². The van der Waals surface area contributed by atoms with E-state index in [1.807, 2.05) is 25.1 Å². The number of fused-ring (bicyclic) bond motifs is 1. The van der Waals surface area contributed by atoms with Gasteiger partial charge in [0.1, 0.15) is 11.1 Å². The molecular formula is C19H20N2O4. The molecule has 0 radical (unpaired) electrons. The molecule has 3 amide bonds. The second-order valence-electron chi connectivity index (χ2n) is 7.01. The number of nitrogens with zero attached hydrogens (tertiary/aromatic N) is 1. The highest BCUT2D eigenvalue weighted by molar-refractivity contribution is 6.11. The number of imide groups is 1. The number of hydrogen-bond acceptors (Lipinski definition) is 4. The predicted molar refractivity (Wildman–Crippen MR) is 91.2 cm³/mol. The van der Waals surface area contributed by atoms with E-state index in [0.717, 1.165) is 29.5 Å². The molecule has 130 valence electrons. The van der Waals surface area contributed by atoms with Crippen LogP contribution in [-0.4, -0.2) is 34.7 Å². The summed E-state index contributed by atoms with van der Waals surface area (Å²) < 4.78 is 5.55. The molecular weight excluding hydrogens is 320 g/mol. The number of amides is 3. The van der Waals surface area contributed by atoms with Crippen LogP contribution in [0.2, 0.25) is 0 Å². The molecule has 4 rings (SSSR count). The average molecular weight is 340 g/mol. The number of rotatable bonds is 3.